The highest BCUT2D eigenvalue weighted by molar-refractivity contribution is 5.46. The Bertz CT molecular complexity index is 657. The summed E-state index contributed by atoms with van der Waals surface area (Å²) in [5.41, 5.74) is 8.89. The Labute approximate surface area is 121 Å². The molecule has 2 aromatic rings. The number of alkyl halides is 3. The van der Waals surface area contributed by atoms with E-state index in [0.717, 1.165) is 35.5 Å². The second-order valence-electron chi connectivity index (χ2n) is 4.96. The Morgan fingerprint density at radius 1 is 1.24 bits per heavy atom. The van der Waals surface area contributed by atoms with Crippen LogP contribution in [0, 0.1) is 13.8 Å². The molecule has 0 radical (unpaired) electrons. The zero-order valence-electron chi connectivity index (χ0n) is 12.3. The fourth-order valence-electron chi connectivity index (χ4n) is 2.55. The van der Waals surface area contributed by atoms with Crippen molar-refractivity contribution in [3.05, 3.63) is 46.3 Å². The van der Waals surface area contributed by atoms with Crippen molar-refractivity contribution in [3.63, 3.8) is 0 Å². The highest BCUT2D eigenvalue weighted by Gasteiger charge is 2.31. The van der Waals surface area contributed by atoms with E-state index in [0.29, 0.717) is 11.3 Å². The molecule has 0 unspecified atom stereocenters. The summed E-state index contributed by atoms with van der Waals surface area (Å²) in [6, 6.07) is 3.60. The van der Waals surface area contributed by atoms with Gasteiger partial charge in [-0.05, 0) is 49.6 Å². The average molecular weight is 297 g/mol. The summed E-state index contributed by atoms with van der Waals surface area (Å²) in [7, 11) is 0. The SMILES string of the molecule is CCc1c(C)nn(-c2ccc(C(F)(F)F)cc2CN)c1C. The van der Waals surface area contributed by atoms with Gasteiger partial charge in [0.05, 0.1) is 16.9 Å². The van der Waals surface area contributed by atoms with Crippen LogP contribution in [0.2, 0.25) is 0 Å². The van der Waals surface area contributed by atoms with Crippen LogP contribution in [0.4, 0.5) is 13.2 Å². The Hall–Kier alpha value is -1.82. The van der Waals surface area contributed by atoms with Gasteiger partial charge in [0.25, 0.3) is 0 Å². The molecule has 0 aliphatic heterocycles. The Morgan fingerprint density at radius 2 is 1.90 bits per heavy atom. The number of aryl methyl sites for hydroxylation is 1. The highest BCUT2D eigenvalue weighted by Crippen LogP contribution is 2.32. The quantitative estimate of drug-likeness (QED) is 0.942. The molecule has 0 saturated carbocycles. The maximum absolute atomic E-state index is 12.8. The Balaban J connectivity index is 2.60. The van der Waals surface area contributed by atoms with Crippen molar-refractivity contribution in [3.8, 4) is 5.69 Å². The molecule has 0 atom stereocenters. The number of nitrogens with two attached hydrogens (primary N) is 1. The van der Waals surface area contributed by atoms with Crippen molar-refractivity contribution in [1.29, 1.82) is 0 Å². The molecule has 2 rings (SSSR count). The minimum atomic E-state index is -4.37. The van der Waals surface area contributed by atoms with Crippen LogP contribution in [0.15, 0.2) is 18.2 Å². The summed E-state index contributed by atoms with van der Waals surface area (Å²) in [6.45, 7) is 5.86. The molecule has 114 valence electrons. The van der Waals surface area contributed by atoms with Crippen molar-refractivity contribution >= 4 is 0 Å². The van der Waals surface area contributed by atoms with E-state index in [1.807, 2.05) is 20.8 Å². The maximum Gasteiger partial charge on any atom is 0.416 e. The molecule has 6 heteroatoms. The van der Waals surface area contributed by atoms with Gasteiger partial charge in [0.2, 0.25) is 0 Å². The van der Waals surface area contributed by atoms with E-state index in [1.54, 1.807) is 4.68 Å². The number of rotatable bonds is 3. The first-order valence-electron chi connectivity index (χ1n) is 6.75. The van der Waals surface area contributed by atoms with Crippen LogP contribution in [-0.4, -0.2) is 9.78 Å². The van der Waals surface area contributed by atoms with Crippen molar-refractivity contribution < 1.29 is 13.2 Å². The number of benzene rings is 1. The number of aromatic nitrogens is 2. The highest BCUT2D eigenvalue weighted by atomic mass is 19.4. The Kier molecular flexibility index (Phi) is 4.09. The van der Waals surface area contributed by atoms with Crippen LogP contribution >= 0.6 is 0 Å². The van der Waals surface area contributed by atoms with Crippen molar-refractivity contribution in [1.82, 2.24) is 9.78 Å². The van der Waals surface area contributed by atoms with Crippen molar-refractivity contribution in [2.75, 3.05) is 0 Å². The van der Waals surface area contributed by atoms with Crippen LogP contribution in [0.3, 0.4) is 0 Å². The smallest absolute Gasteiger partial charge is 0.326 e. The lowest BCUT2D eigenvalue weighted by atomic mass is 10.1. The van der Waals surface area contributed by atoms with Gasteiger partial charge < -0.3 is 5.73 Å². The van der Waals surface area contributed by atoms with Gasteiger partial charge in [-0.1, -0.05) is 6.92 Å². The molecule has 21 heavy (non-hydrogen) atoms. The molecule has 1 heterocycles. The third-order valence-corrected chi connectivity index (χ3v) is 3.65. The molecule has 0 amide bonds. The van der Waals surface area contributed by atoms with Crippen LogP contribution in [0.25, 0.3) is 5.69 Å². The summed E-state index contributed by atoms with van der Waals surface area (Å²) in [6.07, 6.45) is -3.54. The van der Waals surface area contributed by atoms with Gasteiger partial charge in [-0.25, -0.2) is 4.68 Å². The lowest BCUT2D eigenvalue weighted by molar-refractivity contribution is -0.137. The monoisotopic (exact) mass is 297 g/mol. The predicted octanol–water partition coefficient (Wildman–Crippen LogP) is 3.53. The summed E-state index contributed by atoms with van der Waals surface area (Å²) < 4.78 is 40.0. The molecule has 0 spiro atoms. The van der Waals surface area contributed by atoms with Gasteiger partial charge >= 0.3 is 6.18 Å². The van der Waals surface area contributed by atoms with Crippen LogP contribution in [0.1, 0.15) is 35.0 Å². The minimum absolute atomic E-state index is 0.0268. The fraction of sp³-hybridized carbons (Fsp3) is 0.400. The third-order valence-electron chi connectivity index (χ3n) is 3.65. The first-order valence-corrected chi connectivity index (χ1v) is 6.75. The zero-order valence-corrected chi connectivity index (χ0v) is 12.3. The van der Waals surface area contributed by atoms with Gasteiger partial charge in [-0.15, -0.1) is 0 Å². The van der Waals surface area contributed by atoms with Gasteiger partial charge in [0, 0.05) is 12.2 Å². The molecular weight excluding hydrogens is 279 g/mol. The van der Waals surface area contributed by atoms with E-state index >= 15 is 0 Å². The second kappa shape index (κ2) is 5.52. The van der Waals surface area contributed by atoms with Crippen LogP contribution in [0.5, 0.6) is 0 Å². The van der Waals surface area contributed by atoms with Gasteiger partial charge in [-0.2, -0.15) is 18.3 Å². The maximum atomic E-state index is 12.8. The van der Waals surface area contributed by atoms with Gasteiger partial charge in [0.15, 0.2) is 0 Å². The first-order chi connectivity index (χ1) is 9.79. The molecule has 0 aliphatic carbocycles. The molecule has 0 fully saturated rings. The molecule has 3 nitrogen and oxygen atoms in total. The van der Waals surface area contributed by atoms with E-state index in [4.69, 9.17) is 5.73 Å². The summed E-state index contributed by atoms with van der Waals surface area (Å²) in [5, 5.41) is 4.43. The number of halogens is 3. The Morgan fingerprint density at radius 3 is 2.38 bits per heavy atom. The van der Waals surface area contributed by atoms with E-state index in [2.05, 4.69) is 5.10 Å². The standard InChI is InChI=1S/C15H18F3N3/c1-4-13-9(2)20-21(10(13)3)14-6-5-12(15(16,17)18)7-11(14)8-19/h5-7H,4,8,19H2,1-3H3. The molecule has 1 aromatic heterocycles. The molecule has 1 aromatic carbocycles. The normalized spacial score (nSPS) is 12.0. The lowest BCUT2D eigenvalue weighted by Crippen LogP contribution is -2.11. The topological polar surface area (TPSA) is 43.8 Å². The van der Waals surface area contributed by atoms with Crippen LogP contribution < -0.4 is 5.73 Å². The van der Waals surface area contributed by atoms with E-state index in [-0.39, 0.29) is 6.54 Å². The van der Waals surface area contributed by atoms with E-state index < -0.39 is 11.7 Å². The van der Waals surface area contributed by atoms with Gasteiger partial charge in [0.1, 0.15) is 0 Å². The van der Waals surface area contributed by atoms with Gasteiger partial charge in [-0.3, -0.25) is 0 Å². The molecular formula is C15H18F3N3. The van der Waals surface area contributed by atoms with Crippen LogP contribution in [-0.2, 0) is 19.1 Å². The number of hydrogen-bond donors (Lipinski definition) is 1. The van der Waals surface area contributed by atoms with E-state index in [1.165, 1.54) is 6.07 Å². The van der Waals surface area contributed by atoms with Crippen molar-refractivity contribution in [2.24, 2.45) is 5.73 Å². The summed E-state index contributed by atoms with van der Waals surface area (Å²) >= 11 is 0. The molecule has 0 bridgehead atoms. The summed E-state index contributed by atoms with van der Waals surface area (Å²) in [5.74, 6) is 0. The number of nitrogens with zero attached hydrogens (tertiary/aromatic N) is 2. The molecule has 0 saturated heterocycles. The predicted molar refractivity (Wildman–Crippen MR) is 75.3 cm³/mol. The zero-order chi connectivity index (χ0) is 15.8. The minimum Gasteiger partial charge on any atom is -0.326 e. The largest absolute Gasteiger partial charge is 0.416 e. The lowest BCUT2D eigenvalue weighted by Gasteiger charge is -2.14. The molecule has 0 aliphatic rings. The third kappa shape index (κ3) is 2.81. The summed E-state index contributed by atoms with van der Waals surface area (Å²) in [4.78, 5) is 0. The average Bonchev–Trinajstić information content (AvgIpc) is 2.71. The second-order valence-corrected chi connectivity index (χ2v) is 4.96. The van der Waals surface area contributed by atoms with E-state index in [9.17, 15) is 13.2 Å². The first kappa shape index (κ1) is 15.6. The number of hydrogen-bond acceptors (Lipinski definition) is 2. The fourth-order valence-corrected chi connectivity index (χ4v) is 2.55. The van der Waals surface area contributed by atoms with Crippen molar-refractivity contribution in [2.45, 2.75) is 39.9 Å². The molecule has 2 N–H and O–H groups in total.